The summed E-state index contributed by atoms with van der Waals surface area (Å²) in [4.78, 5) is 35.8. The van der Waals surface area contributed by atoms with Gasteiger partial charge in [-0.05, 0) is 25.7 Å². The fraction of sp³-hybridized carbons (Fsp3) is 0.750. The van der Waals surface area contributed by atoms with E-state index in [4.69, 9.17) is 4.74 Å². The molecule has 3 aliphatic rings. The molecule has 0 aliphatic carbocycles. The lowest BCUT2D eigenvalue weighted by atomic mass is 9.81. The number of hydrogen-bond acceptors (Lipinski definition) is 5. The van der Waals surface area contributed by atoms with Gasteiger partial charge in [-0.3, -0.25) is 14.5 Å². The van der Waals surface area contributed by atoms with Crippen LogP contribution < -0.4 is 5.11 Å². The van der Waals surface area contributed by atoms with Crippen molar-refractivity contribution in [2.45, 2.75) is 37.9 Å². The van der Waals surface area contributed by atoms with E-state index in [1.54, 1.807) is 0 Å². The molecule has 6 heteroatoms. The highest BCUT2D eigenvalue weighted by atomic mass is 16.5. The number of rotatable bonds is 4. The average molecular weight is 252 g/mol. The van der Waals surface area contributed by atoms with Crippen LogP contribution in [0.15, 0.2) is 0 Å². The van der Waals surface area contributed by atoms with Crippen LogP contribution in [0.1, 0.15) is 25.7 Å². The van der Waals surface area contributed by atoms with Crippen molar-refractivity contribution >= 4 is 17.8 Å². The topological polar surface area (TPSA) is 86.7 Å². The number of likely N-dealkylation sites (tertiary alicyclic amines) is 1. The van der Waals surface area contributed by atoms with Crippen LogP contribution in [0, 0.1) is 11.8 Å². The van der Waals surface area contributed by atoms with Crippen molar-refractivity contribution in [3.05, 3.63) is 0 Å². The van der Waals surface area contributed by atoms with Crippen LogP contribution in [0.3, 0.4) is 0 Å². The molecule has 0 aromatic carbocycles. The molecule has 3 saturated heterocycles. The molecular formula is C12H14NO5-. The van der Waals surface area contributed by atoms with Crippen LogP contribution in [0.4, 0.5) is 0 Å². The monoisotopic (exact) mass is 252 g/mol. The largest absolute Gasteiger partial charge is 0.550 e. The summed E-state index contributed by atoms with van der Waals surface area (Å²) in [6.45, 7) is 0.179. The molecule has 0 saturated carbocycles. The lowest BCUT2D eigenvalue weighted by molar-refractivity contribution is -0.305. The van der Waals surface area contributed by atoms with Crippen LogP contribution in [-0.2, 0) is 19.1 Å². The molecule has 3 heterocycles. The van der Waals surface area contributed by atoms with Gasteiger partial charge in [0, 0.05) is 12.5 Å². The molecule has 0 aromatic heterocycles. The van der Waals surface area contributed by atoms with Crippen molar-refractivity contribution in [3.8, 4) is 0 Å². The number of imide groups is 1. The molecule has 0 N–H and O–H groups in total. The molecule has 98 valence electrons. The van der Waals surface area contributed by atoms with Gasteiger partial charge >= 0.3 is 0 Å². The molecule has 3 aliphatic heterocycles. The number of hydrogen-bond donors (Lipinski definition) is 0. The highest BCUT2D eigenvalue weighted by Crippen LogP contribution is 2.48. The number of carboxylic acids is 1. The number of amides is 2. The van der Waals surface area contributed by atoms with Crippen molar-refractivity contribution < 1.29 is 24.2 Å². The van der Waals surface area contributed by atoms with Crippen LogP contribution >= 0.6 is 0 Å². The maximum atomic E-state index is 12.1. The summed E-state index contributed by atoms with van der Waals surface area (Å²) in [7, 11) is 0. The van der Waals surface area contributed by atoms with E-state index in [-0.39, 0.29) is 55.2 Å². The van der Waals surface area contributed by atoms with Crippen LogP contribution in [0.25, 0.3) is 0 Å². The summed E-state index contributed by atoms with van der Waals surface area (Å²) in [6, 6.07) is 0. The molecular weight excluding hydrogens is 238 g/mol. The molecule has 0 aromatic rings. The Hall–Kier alpha value is -1.43. The number of carbonyl (C=O) groups is 3. The molecule has 2 bridgehead atoms. The minimum atomic E-state index is -1.15. The minimum absolute atomic E-state index is 0.109. The quantitative estimate of drug-likeness (QED) is 0.579. The second-order valence-electron chi connectivity index (χ2n) is 5.15. The predicted octanol–water partition coefficient (Wildman–Crippen LogP) is -1.32. The third kappa shape index (κ3) is 1.55. The molecule has 0 spiro atoms. The zero-order chi connectivity index (χ0) is 12.9. The van der Waals surface area contributed by atoms with E-state index in [2.05, 4.69) is 0 Å². The normalized spacial score (nSPS) is 37.4. The molecule has 0 unspecified atom stereocenters. The zero-order valence-electron chi connectivity index (χ0n) is 9.83. The van der Waals surface area contributed by atoms with E-state index in [0.717, 1.165) is 12.8 Å². The molecule has 3 fully saturated rings. The van der Waals surface area contributed by atoms with Gasteiger partial charge in [-0.2, -0.15) is 0 Å². The summed E-state index contributed by atoms with van der Waals surface area (Å²) in [5.74, 6) is -2.16. The number of fused-ring (bicyclic) bond motifs is 5. The Morgan fingerprint density at radius 1 is 1.22 bits per heavy atom. The Morgan fingerprint density at radius 2 is 1.78 bits per heavy atom. The van der Waals surface area contributed by atoms with Gasteiger partial charge in [0.2, 0.25) is 11.8 Å². The van der Waals surface area contributed by atoms with Crippen LogP contribution in [0.5, 0.6) is 0 Å². The summed E-state index contributed by atoms with van der Waals surface area (Å²) in [5.41, 5.74) is 0. The van der Waals surface area contributed by atoms with E-state index in [1.807, 2.05) is 0 Å². The van der Waals surface area contributed by atoms with Gasteiger partial charge < -0.3 is 14.6 Å². The first-order valence-electron chi connectivity index (χ1n) is 6.30. The first-order valence-corrected chi connectivity index (χ1v) is 6.30. The standard InChI is InChI=1S/C12H15NO5/c14-8(15)2-1-5-13-11(16)9-6-3-4-7(18-6)10(9)12(13)17/h6-7,9-10H,1-5H2,(H,14,15)/p-1/t6-,7+,9-,10-/m1/s1. The van der Waals surface area contributed by atoms with Gasteiger partial charge in [0.05, 0.1) is 24.0 Å². The molecule has 18 heavy (non-hydrogen) atoms. The fourth-order valence-electron chi connectivity index (χ4n) is 3.38. The molecule has 0 radical (unpaired) electrons. The van der Waals surface area contributed by atoms with Crippen molar-refractivity contribution in [2.75, 3.05) is 6.54 Å². The lowest BCUT2D eigenvalue weighted by Crippen LogP contribution is -2.35. The van der Waals surface area contributed by atoms with Gasteiger partial charge in [-0.15, -0.1) is 0 Å². The van der Waals surface area contributed by atoms with Gasteiger partial charge in [-0.25, -0.2) is 0 Å². The van der Waals surface area contributed by atoms with E-state index in [1.165, 1.54) is 4.90 Å². The summed E-state index contributed by atoms with van der Waals surface area (Å²) in [5, 5.41) is 10.3. The van der Waals surface area contributed by atoms with E-state index < -0.39 is 5.97 Å². The zero-order valence-corrected chi connectivity index (χ0v) is 9.83. The molecule has 2 amide bonds. The molecule has 6 nitrogen and oxygen atoms in total. The Labute approximate surface area is 104 Å². The van der Waals surface area contributed by atoms with E-state index in [9.17, 15) is 19.5 Å². The minimum Gasteiger partial charge on any atom is -0.550 e. The number of ether oxygens (including phenoxy) is 1. The van der Waals surface area contributed by atoms with Gasteiger partial charge in [0.1, 0.15) is 0 Å². The summed E-state index contributed by atoms with van der Waals surface area (Å²) < 4.78 is 5.60. The Balaban J connectivity index is 1.69. The molecule has 4 atom stereocenters. The lowest BCUT2D eigenvalue weighted by Gasteiger charge is -2.17. The first-order chi connectivity index (χ1) is 8.59. The fourth-order valence-corrected chi connectivity index (χ4v) is 3.38. The third-order valence-electron chi connectivity index (χ3n) is 4.14. The second-order valence-corrected chi connectivity index (χ2v) is 5.15. The second kappa shape index (κ2) is 4.05. The number of carbonyl (C=O) groups excluding carboxylic acids is 3. The first kappa shape index (κ1) is 11.6. The maximum Gasteiger partial charge on any atom is 0.235 e. The number of nitrogens with zero attached hydrogens (tertiary/aromatic N) is 1. The van der Waals surface area contributed by atoms with Gasteiger partial charge in [-0.1, -0.05) is 0 Å². The predicted molar refractivity (Wildman–Crippen MR) is 55.8 cm³/mol. The highest BCUT2D eigenvalue weighted by Gasteiger charge is 2.62. The summed E-state index contributed by atoms with van der Waals surface area (Å²) >= 11 is 0. The van der Waals surface area contributed by atoms with Crippen LogP contribution in [-0.4, -0.2) is 41.4 Å². The van der Waals surface area contributed by atoms with Crippen molar-refractivity contribution in [2.24, 2.45) is 11.8 Å². The smallest absolute Gasteiger partial charge is 0.235 e. The van der Waals surface area contributed by atoms with Crippen molar-refractivity contribution in [1.29, 1.82) is 0 Å². The highest BCUT2D eigenvalue weighted by molar-refractivity contribution is 6.06. The van der Waals surface area contributed by atoms with E-state index >= 15 is 0 Å². The van der Waals surface area contributed by atoms with Crippen molar-refractivity contribution in [3.63, 3.8) is 0 Å². The van der Waals surface area contributed by atoms with Crippen molar-refractivity contribution in [1.82, 2.24) is 4.90 Å². The number of carboxylic acid groups (broad SMARTS) is 1. The Kier molecular flexibility index (Phi) is 2.62. The van der Waals surface area contributed by atoms with Gasteiger partial charge in [0.15, 0.2) is 0 Å². The maximum absolute atomic E-state index is 12.1. The Morgan fingerprint density at radius 3 is 2.28 bits per heavy atom. The Bertz CT molecular complexity index is 393. The van der Waals surface area contributed by atoms with E-state index in [0.29, 0.717) is 0 Å². The average Bonchev–Trinajstić information content (AvgIpc) is 2.97. The molecule has 3 rings (SSSR count). The van der Waals surface area contributed by atoms with Gasteiger partial charge in [0.25, 0.3) is 0 Å². The summed E-state index contributed by atoms with van der Waals surface area (Å²) in [6.07, 6.45) is 1.60. The number of aliphatic carboxylic acids is 1. The third-order valence-corrected chi connectivity index (χ3v) is 4.14. The SMILES string of the molecule is O=C([O-])CCCN1C(=O)[C@H]2[C@H](C1=O)[C@H]1CC[C@@H]2O1. The van der Waals surface area contributed by atoms with Crippen LogP contribution in [0.2, 0.25) is 0 Å².